The van der Waals surface area contributed by atoms with Crippen molar-refractivity contribution in [3.8, 4) is 11.1 Å². The molecule has 0 N–H and O–H groups in total. The van der Waals surface area contributed by atoms with E-state index in [1.165, 1.54) is 18.2 Å². The lowest BCUT2D eigenvalue weighted by molar-refractivity contribution is 0.411. The zero-order valence-electron chi connectivity index (χ0n) is 8.58. The van der Waals surface area contributed by atoms with Gasteiger partial charge in [-0.1, -0.05) is 29.3 Å². The van der Waals surface area contributed by atoms with Gasteiger partial charge in [-0.25, -0.2) is 17.6 Å². The van der Waals surface area contributed by atoms with Crippen LogP contribution in [-0.4, -0.2) is 0 Å². The summed E-state index contributed by atoms with van der Waals surface area (Å²) in [5, 5.41) is 0.308. The molecule has 0 amide bonds. The van der Waals surface area contributed by atoms with Gasteiger partial charge in [0, 0.05) is 5.56 Å². The van der Waals surface area contributed by atoms with E-state index in [0.717, 1.165) is 0 Å². The van der Waals surface area contributed by atoms with Gasteiger partial charge < -0.3 is 0 Å². The van der Waals surface area contributed by atoms with Crippen molar-refractivity contribution in [3.05, 3.63) is 57.6 Å². The fourth-order valence-electron chi connectivity index (χ4n) is 1.45. The standard InChI is InChI=1S/C12H4Cl2F4/c13-7-2-1-5(3-8(7)14)6-4-9(15)11(17)12(18)10(6)16/h1-4H. The molecular formula is C12H4Cl2F4. The lowest BCUT2D eigenvalue weighted by Crippen LogP contribution is -1.98. The van der Waals surface area contributed by atoms with Crippen molar-refractivity contribution < 1.29 is 17.6 Å². The van der Waals surface area contributed by atoms with Crippen molar-refractivity contribution in [1.82, 2.24) is 0 Å². The topological polar surface area (TPSA) is 0 Å². The third kappa shape index (κ3) is 2.18. The van der Waals surface area contributed by atoms with E-state index in [9.17, 15) is 17.6 Å². The second-order valence-electron chi connectivity index (χ2n) is 3.48. The maximum Gasteiger partial charge on any atom is 0.198 e. The summed E-state index contributed by atoms with van der Waals surface area (Å²) in [7, 11) is 0. The van der Waals surface area contributed by atoms with Gasteiger partial charge in [-0.3, -0.25) is 0 Å². The molecule has 2 aromatic rings. The molecule has 0 fully saturated rings. The Bertz CT molecular complexity index is 626. The number of hydrogen-bond acceptors (Lipinski definition) is 0. The van der Waals surface area contributed by atoms with Crippen LogP contribution in [0.1, 0.15) is 0 Å². The van der Waals surface area contributed by atoms with Crippen LogP contribution in [0.15, 0.2) is 24.3 Å². The quantitative estimate of drug-likeness (QED) is 0.384. The molecule has 0 saturated heterocycles. The molecule has 0 aliphatic rings. The Kier molecular flexibility index (Phi) is 3.50. The molecule has 0 aliphatic heterocycles. The van der Waals surface area contributed by atoms with Crippen molar-refractivity contribution in [2.45, 2.75) is 0 Å². The molecule has 2 aromatic carbocycles. The smallest absolute Gasteiger partial charge is 0.198 e. The zero-order chi connectivity index (χ0) is 13.4. The van der Waals surface area contributed by atoms with Crippen molar-refractivity contribution in [3.63, 3.8) is 0 Å². The molecule has 6 heteroatoms. The third-order valence-corrected chi connectivity index (χ3v) is 3.07. The Morgan fingerprint density at radius 1 is 0.722 bits per heavy atom. The van der Waals surface area contributed by atoms with Crippen LogP contribution < -0.4 is 0 Å². The molecule has 0 spiro atoms. The van der Waals surface area contributed by atoms with E-state index < -0.39 is 28.8 Å². The van der Waals surface area contributed by atoms with Crippen LogP contribution in [0.25, 0.3) is 11.1 Å². The van der Waals surface area contributed by atoms with Gasteiger partial charge in [0.2, 0.25) is 0 Å². The highest BCUT2D eigenvalue weighted by Gasteiger charge is 2.20. The van der Waals surface area contributed by atoms with Crippen LogP contribution in [0.4, 0.5) is 17.6 Å². The Balaban J connectivity index is 2.67. The summed E-state index contributed by atoms with van der Waals surface area (Å²) < 4.78 is 52.4. The van der Waals surface area contributed by atoms with Gasteiger partial charge in [0.05, 0.1) is 10.0 Å². The lowest BCUT2D eigenvalue weighted by Gasteiger charge is -2.07. The van der Waals surface area contributed by atoms with E-state index in [1.807, 2.05) is 0 Å². The third-order valence-electron chi connectivity index (χ3n) is 2.33. The molecule has 0 nitrogen and oxygen atoms in total. The first kappa shape index (κ1) is 13.2. The highest BCUT2D eigenvalue weighted by Crippen LogP contribution is 2.32. The van der Waals surface area contributed by atoms with Crippen molar-refractivity contribution in [2.24, 2.45) is 0 Å². The summed E-state index contributed by atoms with van der Waals surface area (Å²) >= 11 is 11.4. The maximum absolute atomic E-state index is 13.5. The average molecular weight is 295 g/mol. The highest BCUT2D eigenvalue weighted by atomic mass is 35.5. The Morgan fingerprint density at radius 3 is 2.00 bits per heavy atom. The number of halogens is 6. The lowest BCUT2D eigenvalue weighted by atomic mass is 10.0. The maximum atomic E-state index is 13.5. The van der Waals surface area contributed by atoms with Gasteiger partial charge in [0.1, 0.15) is 0 Å². The van der Waals surface area contributed by atoms with Gasteiger partial charge in [0.15, 0.2) is 23.3 Å². The average Bonchev–Trinajstić information content (AvgIpc) is 2.35. The van der Waals surface area contributed by atoms with Crippen LogP contribution in [0.3, 0.4) is 0 Å². The predicted octanol–water partition coefficient (Wildman–Crippen LogP) is 5.22. The van der Waals surface area contributed by atoms with Gasteiger partial charge in [-0.05, 0) is 23.8 Å². The second-order valence-corrected chi connectivity index (χ2v) is 4.29. The molecule has 18 heavy (non-hydrogen) atoms. The largest absolute Gasteiger partial charge is 0.204 e. The van der Waals surface area contributed by atoms with E-state index in [4.69, 9.17) is 23.2 Å². The molecule has 2 rings (SSSR count). The van der Waals surface area contributed by atoms with E-state index in [2.05, 4.69) is 0 Å². The van der Waals surface area contributed by atoms with E-state index in [1.54, 1.807) is 0 Å². The van der Waals surface area contributed by atoms with Crippen LogP contribution in [0, 0.1) is 23.3 Å². The van der Waals surface area contributed by atoms with Crippen molar-refractivity contribution in [2.75, 3.05) is 0 Å². The molecule has 0 aliphatic carbocycles. The highest BCUT2D eigenvalue weighted by molar-refractivity contribution is 6.42. The molecule has 0 atom stereocenters. The number of rotatable bonds is 1. The summed E-state index contributed by atoms with van der Waals surface area (Å²) in [5.41, 5.74) is -0.329. The predicted molar refractivity (Wildman–Crippen MR) is 61.7 cm³/mol. The molecule has 0 saturated carbocycles. The Labute approximate surface area is 110 Å². The van der Waals surface area contributed by atoms with Crippen LogP contribution in [0.2, 0.25) is 10.0 Å². The molecule has 0 heterocycles. The number of benzene rings is 2. The van der Waals surface area contributed by atoms with E-state index in [-0.39, 0.29) is 15.6 Å². The first-order chi connectivity index (χ1) is 8.41. The number of hydrogen-bond donors (Lipinski definition) is 0. The summed E-state index contributed by atoms with van der Waals surface area (Å²) in [4.78, 5) is 0. The monoisotopic (exact) mass is 294 g/mol. The van der Waals surface area contributed by atoms with Gasteiger partial charge in [-0.2, -0.15) is 0 Å². The van der Waals surface area contributed by atoms with Gasteiger partial charge >= 0.3 is 0 Å². The molecule has 0 bridgehead atoms. The molecule has 94 valence electrons. The fourth-order valence-corrected chi connectivity index (χ4v) is 1.74. The molecule has 0 unspecified atom stereocenters. The minimum Gasteiger partial charge on any atom is -0.204 e. The van der Waals surface area contributed by atoms with Crippen molar-refractivity contribution in [1.29, 1.82) is 0 Å². The van der Waals surface area contributed by atoms with E-state index >= 15 is 0 Å². The normalized spacial score (nSPS) is 10.8. The minimum atomic E-state index is -1.86. The Morgan fingerprint density at radius 2 is 1.39 bits per heavy atom. The first-order valence-electron chi connectivity index (χ1n) is 4.70. The summed E-state index contributed by atoms with van der Waals surface area (Å²) in [6.45, 7) is 0. The zero-order valence-corrected chi connectivity index (χ0v) is 10.1. The summed E-state index contributed by atoms with van der Waals surface area (Å²) in [6, 6.07) is 4.47. The molecular weight excluding hydrogens is 291 g/mol. The minimum absolute atomic E-state index is 0.0960. The van der Waals surface area contributed by atoms with Crippen LogP contribution in [-0.2, 0) is 0 Å². The van der Waals surface area contributed by atoms with Crippen LogP contribution in [0.5, 0.6) is 0 Å². The molecule has 0 aromatic heterocycles. The molecule has 0 radical (unpaired) electrons. The second kappa shape index (κ2) is 4.78. The first-order valence-corrected chi connectivity index (χ1v) is 5.46. The van der Waals surface area contributed by atoms with E-state index in [0.29, 0.717) is 6.07 Å². The fraction of sp³-hybridized carbons (Fsp3) is 0. The summed E-state index contributed by atoms with van der Waals surface area (Å²) in [6.07, 6.45) is 0. The Hall–Kier alpha value is -1.26. The summed E-state index contributed by atoms with van der Waals surface area (Å²) in [5.74, 6) is -6.67. The van der Waals surface area contributed by atoms with Gasteiger partial charge in [0.25, 0.3) is 0 Å². The van der Waals surface area contributed by atoms with Crippen molar-refractivity contribution >= 4 is 23.2 Å². The SMILES string of the molecule is Fc1cc(-c2ccc(Cl)c(Cl)c2)c(F)c(F)c1F. The van der Waals surface area contributed by atoms with Gasteiger partial charge in [-0.15, -0.1) is 0 Å². The van der Waals surface area contributed by atoms with Crippen LogP contribution >= 0.6 is 23.2 Å².